The Kier molecular flexibility index (Phi) is 4.02. The average Bonchev–Trinajstić information content (AvgIpc) is 2.81. The predicted molar refractivity (Wildman–Crippen MR) is 78.0 cm³/mol. The lowest BCUT2D eigenvalue weighted by Gasteiger charge is -2.18. The van der Waals surface area contributed by atoms with E-state index in [1.165, 1.54) is 38.2 Å². The van der Waals surface area contributed by atoms with E-state index >= 15 is 0 Å². The number of hydrogen-bond acceptors (Lipinski definition) is 4. The second-order valence-electron chi connectivity index (χ2n) is 4.31. The number of anilines is 1. The fraction of sp³-hybridized carbons (Fsp3) is 0.154. The van der Waals surface area contributed by atoms with Crippen molar-refractivity contribution in [2.45, 2.75) is 11.1 Å². The quantitative estimate of drug-likeness (QED) is 0.936. The number of halogens is 1. The number of benzene rings is 1. The highest BCUT2D eigenvalue weighted by Gasteiger charge is 2.27. The SMILES string of the molecule is Cc1cc(S(=O)(=O)N(C)c2ccccc2F)sc1C(=O)O. The van der Waals surface area contributed by atoms with Gasteiger partial charge in [0.2, 0.25) is 0 Å². The molecule has 0 spiro atoms. The third-order valence-corrected chi connectivity index (χ3v) is 6.34. The van der Waals surface area contributed by atoms with Crippen LogP contribution >= 0.6 is 11.3 Å². The summed E-state index contributed by atoms with van der Waals surface area (Å²) < 4.78 is 39.3. The summed E-state index contributed by atoms with van der Waals surface area (Å²) in [5.41, 5.74) is 0.258. The Morgan fingerprint density at radius 3 is 2.48 bits per heavy atom. The summed E-state index contributed by atoms with van der Waals surface area (Å²) in [4.78, 5) is 11.0. The molecule has 112 valence electrons. The van der Waals surface area contributed by atoms with E-state index in [4.69, 9.17) is 5.11 Å². The minimum atomic E-state index is -4.00. The molecule has 1 aromatic heterocycles. The topological polar surface area (TPSA) is 74.7 Å². The van der Waals surface area contributed by atoms with Crippen LogP contribution in [0.25, 0.3) is 0 Å². The number of thiophene rings is 1. The molecule has 0 amide bonds. The molecule has 0 radical (unpaired) electrons. The molecular formula is C13H12FNO4S2. The van der Waals surface area contributed by atoms with Crippen LogP contribution in [0, 0.1) is 12.7 Å². The van der Waals surface area contributed by atoms with Gasteiger partial charge in [0.25, 0.3) is 10.0 Å². The van der Waals surface area contributed by atoms with Gasteiger partial charge < -0.3 is 5.11 Å². The molecule has 0 saturated heterocycles. The third kappa shape index (κ3) is 2.77. The zero-order valence-electron chi connectivity index (χ0n) is 11.2. The van der Waals surface area contributed by atoms with Crippen molar-refractivity contribution in [3.8, 4) is 0 Å². The second kappa shape index (κ2) is 5.45. The Hall–Kier alpha value is -1.93. The average molecular weight is 329 g/mol. The molecule has 0 saturated carbocycles. The largest absolute Gasteiger partial charge is 0.477 e. The Morgan fingerprint density at radius 2 is 1.95 bits per heavy atom. The molecule has 0 fully saturated rings. The first-order valence-corrected chi connectivity index (χ1v) is 8.08. The monoisotopic (exact) mass is 329 g/mol. The summed E-state index contributed by atoms with van der Waals surface area (Å²) in [6.45, 7) is 1.52. The summed E-state index contributed by atoms with van der Waals surface area (Å²) >= 11 is 0.652. The van der Waals surface area contributed by atoms with Crippen molar-refractivity contribution >= 4 is 33.0 Å². The fourth-order valence-electron chi connectivity index (χ4n) is 1.76. The van der Waals surface area contributed by atoms with Crippen LogP contribution in [0.3, 0.4) is 0 Å². The number of nitrogens with zero attached hydrogens (tertiary/aromatic N) is 1. The number of carboxylic acids is 1. The minimum Gasteiger partial charge on any atom is -0.477 e. The van der Waals surface area contributed by atoms with Crippen LogP contribution in [0.5, 0.6) is 0 Å². The van der Waals surface area contributed by atoms with Crippen molar-refractivity contribution in [3.05, 3.63) is 46.6 Å². The smallest absolute Gasteiger partial charge is 0.346 e. The van der Waals surface area contributed by atoms with E-state index in [-0.39, 0.29) is 14.8 Å². The van der Waals surface area contributed by atoms with Crippen LogP contribution in [-0.4, -0.2) is 26.5 Å². The molecule has 0 aliphatic rings. The highest BCUT2D eigenvalue weighted by Crippen LogP contribution is 2.31. The third-order valence-electron chi connectivity index (χ3n) is 2.90. The number of para-hydroxylation sites is 1. The van der Waals surface area contributed by atoms with E-state index in [9.17, 15) is 17.6 Å². The normalized spacial score (nSPS) is 11.4. The van der Waals surface area contributed by atoms with Crippen LogP contribution in [0.4, 0.5) is 10.1 Å². The molecule has 1 heterocycles. The summed E-state index contributed by atoms with van der Waals surface area (Å²) in [5, 5.41) is 8.99. The minimum absolute atomic E-state index is 0.0458. The van der Waals surface area contributed by atoms with Gasteiger partial charge in [-0.3, -0.25) is 4.31 Å². The molecule has 0 aliphatic carbocycles. The molecule has 1 N–H and O–H groups in total. The lowest BCUT2D eigenvalue weighted by atomic mass is 10.3. The zero-order chi connectivity index (χ0) is 15.8. The standard InChI is InChI=1S/C13H12FNO4S2/c1-8-7-11(20-12(8)13(16)17)21(18,19)15(2)10-6-4-3-5-9(10)14/h3-7H,1-2H3,(H,16,17). The van der Waals surface area contributed by atoms with Crippen LogP contribution in [0.1, 0.15) is 15.2 Å². The molecule has 2 aromatic rings. The Morgan fingerprint density at radius 1 is 1.33 bits per heavy atom. The molecule has 0 atom stereocenters. The van der Waals surface area contributed by atoms with Gasteiger partial charge >= 0.3 is 5.97 Å². The lowest BCUT2D eigenvalue weighted by Crippen LogP contribution is -2.26. The summed E-state index contributed by atoms with van der Waals surface area (Å²) in [5.74, 6) is -1.86. The summed E-state index contributed by atoms with van der Waals surface area (Å²) in [6.07, 6.45) is 0. The molecule has 21 heavy (non-hydrogen) atoms. The lowest BCUT2D eigenvalue weighted by molar-refractivity contribution is 0.0701. The number of rotatable bonds is 4. The predicted octanol–water partition coefficient (Wildman–Crippen LogP) is 2.72. The van der Waals surface area contributed by atoms with Gasteiger partial charge in [-0.1, -0.05) is 12.1 Å². The van der Waals surface area contributed by atoms with E-state index in [1.807, 2.05) is 0 Å². The maximum atomic E-state index is 13.7. The molecule has 5 nitrogen and oxygen atoms in total. The molecule has 1 aromatic carbocycles. The van der Waals surface area contributed by atoms with Crippen LogP contribution < -0.4 is 4.31 Å². The van der Waals surface area contributed by atoms with E-state index in [2.05, 4.69) is 0 Å². The van der Waals surface area contributed by atoms with Gasteiger partial charge in [0.1, 0.15) is 14.9 Å². The fourth-order valence-corrected chi connectivity index (χ4v) is 4.52. The molecule has 0 bridgehead atoms. The molecule has 0 unspecified atom stereocenters. The van der Waals surface area contributed by atoms with E-state index in [1.54, 1.807) is 0 Å². The molecule has 0 aliphatic heterocycles. The highest BCUT2D eigenvalue weighted by molar-refractivity contribution is 7.94. The van der Waals surface area contributed by atoms with Gasteiger partial charge in [0.05, 0.1) is 5.69 Å². The summed E-state index contributed by atoms with van der Waals surface area (Å²) in [7, 11) is -2.78. The highest BCUT2D eigenvalue weighted by atomic mass is 32.2. The van der Waals surface area contributed by atoms with E-state index in [0.717, 1.165) is 10.4 Å². The first kappa shape index (κ1) is 15.5. The van der Waals surface area contributed by atoms with Crippen LogP contribution in [0.15, 0.2) is 34.5 Å². The maximum absolute atomic E-state index is 13.7. The van der Waals surface area contributed by atoms with Gasteiger partial charge in [0.15, 0.2) is 0 Å². The van der Waals surface area contributed by atoms with Crippen molar-refractivity contribution < 1.29 is 22.7 Å². The van der Waals surface area contributed by atoms with Crippen molar-refractivity contribution in [3.63, 3.8) is 0 Å². The first-order chi connectivity index (χ1) is 9.75. The van der Waals surface area contributed by atoms with Crippen LogP contribution in [0.2, 0.25) is 0 Å². The maximum Gasteiger partial charge on any atom is 0.346 e. The Bertz CT molecular complexity index is 798. The number of aryl methyl sites for hydroxylation is 1. The second-order valence-corrected chi connectivity index (χ2v) is 7.55. The molecule has 2 rings (SSSR count). The van der Waals surface area contributed by atoms with Gasteiger partial charge in [0, 0.05) is 7.05 Å². The summed E-state index contributed by atoms with van der Waals surface area (Å²) in [6, 6.07) is 6.75. The number of carboxylic acid groups (broad SMARTS) is 1. The van der Waals surface area contributed by atoms with Gasteiger partial charge in [-0.25, -0.2) is 17.6 Å². The first-order valence-electron chi connectivity index (χ1n) is 5.82. The van der Waals surface area contributed by atoms with Gasteiger partial charge in [-0.05, 0) is 30.7 Å². The van der Waals surface area contributed by atoms with E-state index < -0.39 is 21.8 Å². The number of carbonyl (C=O) groups is 1. The molecule has 8 heteroatoms. The van der Waals surface area contributed by atoms with Crippen molar-refractivity contribution in [2.75, 3.05) is 11.4 Å². The van der Waals surface area contributed by atoms with Crippen molar-refractivity contribution in [1.29, 1.82) is 0 Å². The van der Waals surface area contributed by atoms with Crippen molar-refractivity contribution in [1.82, 2.24) is 0 Å². The van der Waals surface area contributed by atoms with E-state index in [0.29, 0.717) is 16.9 Å². The van der Waals surface area contributed by atoms with Gasteiger partial charge in [-0.15, -0.1) is 11.3 Å². The van der Waals surface area contributed by atoms with Crippen molar-refractivity contribution in [2.24, 2.45) is 0 Å². The molecular weight excluding hydrogens is 317 g/mol. The number of aromatic carboxylic acids is 1. The Balaban J connectivity index is 2.50. The zero-order valence-corrected chi connectivity index (χ0v) is 12.8. The van der Waals surface area contributed by atoms with Crippen LogP contribution in [-0.2, 0) is 10.0 Å². The Labute approximate surface area is 125 Å². The number of hydrogen-bond donors (Lipinski definition) is 1. The number of sulfonamides is 1. The van der Waals surface area contributed by atoms with Gasteiger partial charge in [-0.2, -0.15) is 0 Å².